The molecule has 0 aliphatic heterocycles. The third-order valence-electron chi connectivity index (χ3n) is 3.18. The van der Waals surface area contributed by atoms with Gasteiger partial charge in [0.1, 0.15) is 0 Å². The summed E-state index contributed by atoms with van der Waals surface area (Å²) in [5.74, 6) is 1.26. The first-order valence-corrected chi connectivity index (χ1v) is 8.17. The highest BCUT2D eigenvalue weighted by molar-refractivity contribution is 7.99. The molecule has 1 aliphatic carbocycles. The number of thiophene rings is 1. The van der Waals surface area contributed by atoms with Gasteiger partial charge in [-0.2, -0.15) is 11.8 Å². The lowest BCUT2D eigenvalue weighted by molar-refractivity contribution is 0.610. The van der Waals surface area contributed by atoms with E-state index in [1.807, 2.05) is 11.3 Å². The van der Waals surface area contributed by atoms with Gasteiger partial charge >= 0.3 is 0 Å². The second-order valence-electron chi connectivity index (χ2n) is 4.47. The topological polar surface area (TPSA) is 12.0 Å². The summed E-state index contributed by atoms with van der Waals surface area (Å²) in [6, 6.07) is 4.86. The van der Waals surface area contributed by atoms with Gasteiger partial charge in [-0.1, -0.05) is 18.9 Å². The quantitative estimate of drug-likeness (QED) is 0.769. The second-order valence-corrected chi connectivity index (χ2v) is 6.86. The van der Waals surface area contributed by atoms with E-state index in [0.717, 1.165) is 11.8 Å². The van der Waals surface area contributed by atoms with Crippen LogP contribution in [0.2, 0.25) is 0 Å². The third kappa shape index (κ3) is 3.79. The van der Waals surface area contributed by atoms with Crippen LogP contribution in [0.5, 0.6) is 0 Å². The Labute approximate surface area is 107 Å². The Morgan fingerprint density at radius 1 is 1.50 bits per heavy atom. The SMILES string of the molecule is CC(NCCSC1CCCC1)c1cccs1. The van der Waals surface area contributed by atoms with E-state index in [0.29, 0.717) is 6.04 Å². The van der Waals surface area contributed by atoms with Crippen LogP contribution in [0.1, 0.15) is 43.5 Å². The lowest BCUT2D eigenvalue weighted by Gasteiger charge is -2.13. The van der Waals surface area contributed by atoms with E-state index >= 15 is 0 Å². The van der Waals surface area contributed by atoms with E-state index in [4.69, 9.17) is 0 Å². The van der Waals surface area contributed by atoms with Crippen LogP contribution < -0.4 is 5.32 Å². The van der Waals surface area contributed by atoms with Crippen molar-refractivity contribution in [1.29, 1.82) is 0 Å². The highest BCUT2D eigenvalue weighted by Gasteiger charge is 2.14. The molecule has 0 amide bonds. The van der Waals surface area contributed by atoms with Crippen molar-refractivity contribution in [2.45, 2.75) is 43.9 Å². The first-order valence-electron chi connectivity index (χ1n) is 6.24. The molecule has 1 fully saturated rings. The highest BCUT2D eigenvalue weighted by Crippen LogP contribution is 2.29. The summed E-state index contributed by atoms with van der Waals surface area (Å²) in [6.07, 6.45) is 5.81. The molecule has 0 saturated heterocycles. The Kier molecular flexibility index (Phi) is 5.20. The summed E-state index contributed by atoms with van der Waals surface area (Å²) in [7, 11) is 0. The summed E-state index contributed by atoms with van der Waals surface area (Å²) >= 11 is 4.01. The van der Waals surface area contributed by atoms with E-state index in [9.17, 15) is 0 Å². The van der Waals surface area contributed by atoms with Crippen molar-refractivity contribution in [2.75, 3.05) is 12.3 Å². The van der Waals surface area contributed by atoms with Crippen LogP contribution in [0.25, 0.3) is 0 Å². The summed E-state index contributed by atoms with van der Waals surface area (Å²) in [4.78, 5) is 1.45. The minimum Gasteiger partial charge on any atom is -0.309 e. The molecule has 90 valence electrons. The summed E-state index contributed by atoms with van der Waals surface area (Å²) in [5.41, 5.74) is 0. The molecule has 1 unspecified atom stereocenters. The van der Waals surface area contributed by atoms with Crippen molar-refractivity contribution in [3.8, 4) is 0 Å². The van der Waals surface area contributed by atoms with Crippen LogP contribution >= 0.6 is 23.1 Å². The Hall–Kier alpha value is 0.01000. The largest absolute Gasteiger partial charge is 0.309 e. The minimum atomic E-state index is 0.518. The van der Waals surface area contributed by atoms with E-state index in [-0.39, 0.29) is 0 Å². The van der Waals surface area contributed by atoms with Crippen LogP contribution in [-0.4, -0.2) is 17.5 Å². The monoisotopic (exact) mass is 255 g/mol. The summed E-state index contributed by atoms with van der Waals surface area (Å²) < 4.78 is 0. The van der Waals surface area contributed by atoms with Crippen LogP contribution in [0.15, 0.2) is 17.5 Å². The van der Waals surface area contributed by atoms with Crippen LogP contribution in [0.3, 0.4) is 0 Å². The lowest BCUT2D eigenvalue weighted by Crippen LogP contribution is -2.21. The predicted octanol–water partition coefficient (Wildman–Crippen LogP) is 4.07. The summed E-state index contributed by atoms with van der Waals surface area (Å²) in [6.45, 7) is 3.40. The Balaban J connectivity index is 1.57. The molecule has 1 aromatic heterocycles. The van der Waals surface area contributed by atoms with Crippen molar-refractivity contribution in [1.82, 2.24) is 5.32 Å². The number of hydrogen-bond donors (Lipinski definition) is 1. The van der Waals surface area contributed by atoms with Crippen LogP contribution in [0, 0.1) is 0 Å². The van der Waals surface area contributed by atoms with E-state index < -0.39 is 0 Å². The third-order valence-corrected chi connectivity index (χ3v) is 5.62. The fourth-order valence-corrected chi connectivity index (χ4v) is 4.19. The zero-order valence-corrected chi connectivity index (χ0v) is 11.6. The molecule has 1 aromatic rings. The first-order chi connectivity index (χ1) is 7.86. The normalized spacial score (nSPS) is 19.1. The van der Waals surface area contributed by atoms with Crippen molar-refractivity contribution < 1.29 is 0 Å². The second kappa shape index (κ2) is 6.67. The number of hydrogen-bond acceptors (Lipinski definition) is 3. The van der Waals surface area contributed by atoms with Crippen molar-refractivity contribution in [2.24, 2.45) is 0 Å². The molecule has 1 aliphatic rings. The van der Waals surface area contributed by atoms with Gasteiger partial charge in [0.25, 0.3) is 0 Å². The van der Waals surface area contributed by atoms with Crippen molar-refractivity contribution in [3.63, 3.8) is 0 Å². The van der Waals surface area contributed by atoms with Gasteiger partial charge in [-0.15, -0.1) is 11.3 Å². The molecule has 0 aromatic carbocycles. The number of rotatable bonds is 6. The fraction of sp³-hybridized carbons (Fsp3) is 0.692. The molecule has 1 saturated carbocycles. The molecule has 3 heteroatoms. The van der Waals surface area contributed by atoms with Gasteiger partial charge in [-0.05, 0) is 31.2 Å². The molecule has 1 nitrogen and oxygen atoms in total. The van der Waals surface area contributed by atoms with Gasteiger partial charge in [-0.3, -0.25) is 0 Å². The molecule has 2 rings (SSSR count). The standard InChI is InChI=1S/C13H21NS2/c1-11(13-7-4-9-16-13)14-8-10-15-12-5-2-3-6-12/h4,7,9,11-12,14H,2-3,5-6,8,10H2,1H3. The molecule has 16 heavy (non-hydrogen) atoms. The van der Waals surface area contributed by atoms with Gasteiger partial charge in [0.2, 0.25) is 0 Å². The zero-order chi connectivity index (χ0) is 11.2. The molecule has 0 radical (unpaired) electrons. The highest BCUT2D eigenvalue weighted by atomic mass is 32.2. The average molecular weight is 255 g/mol. The van der Waals surface area contributed by atoms with Gasteiger partial charge in [-0.25, -0.2) is 0 Å². The van der Waals surface area contributed by atoms with Crippen LogP contribution in [0.4, 0.5) is 0 Å². The molecular weight excluding hydrogens is 234 g/mol. The van der Waals surface area contributed by atoms with Gasteiger partial charge in [0, 0.05) is 28.5 Å². The molecule has 1 atom stereocenters. The van der Waals surface area contributed by atoms with Gasteiger partial charge < -0.3 is 5.32 Å². The Bertz CT molecular complexity index is 278. The maximum absolute atomic E-state index is 3.60. The predicted molar refractivity (Wildman–Crippen MR) is 75.5 cm³/mol. The van der Waals surface area contributed by atoms with Gasteiger partial charge in [0.05, 0.1) is 0 Å². The number of nitrogens with one attached hydrogen (secondary N) is 1. The van der Waals surface area contributed by atoms with E-state index in [2.05, 4.69) is 41.5 Å². The van der Waals surface area contributed by atoms with E-state index in [1.54, 1.807) is 0 Å². The summed E-state index contributed by atoms with van der Waals surface area (Å²) in [5, 5.41) is 6.71. The molecular formula is C13H21NS2. The van der Waals surface area contributed by atoms with Crippen molar-refractivity contribution >= 4 is 23.1 Å². The van der Waals surface area contributed by atoms with E-state index in [1.165, 1.54) is 36.3 Å². The minimum absolute atomic E-state index is 0.518. The molecule has 1 heterocycles. The van der Waals surface area contributed by atoms with Crippen LogP contribution in [-0.2, 0) is 0 Å². The molecule has 0 bridgehead atoms. The smallest absolute Gasteiger partial charge is 0.0386 e. The first kappa shape index (κ1) is 12.5. The average Bonchev–Trinajstić information content (AvgIpc) is 2.96. The maximum Gasteiger partial charge on any atom is 0.0386 e. The fourth-order valence-electron chi connectivity index (χ4n) is 2.19. The van der Waals surface area contributed by atoms with Crippen molar-refractivity contribution in [3.05, 3.63) is 22.4 Å². The van der Waals surface area contributed by atoms with Gasteiger partial charge in [0.15, 0.2) is 0 Å². The lowest BCUT2D eigenvalue weighted by atomic mass is 10.3. The molecule has 1 N–H and O–H groups in total. The Morgan fingerprint density at radius 2 is 2.31 bits per heavy atom. The molecule has 0 spiro atoms. The number of thioether (sulfide) groups is 1. The Morgan fingerprint density at radius 3 is 3.00 bits per heavy atom. The maximum atomic E-state index is 3.60. The zero-order valence-electron chi connectivity index (χ0n) is 9.95.